The fourth-order valence-electron chi connectivity index (χ4n) is 6.01. The molecule has 1 aliphatic rings. The molecule has 5 rings (SSSR count). The van der Waals surface area contributed by atoms with Crippen molar-refractivity contribution in [2.24, 2.45) is 5.41 Å². The number of morpholine rings is 1. The number of unbranched alkanes of at least 4 members (excludes halogenated alkanes) is 1. The molecule has 310 valence electrons. The summed E-state index contributed by atoms with van der Waals surface area (Å²) in [5.74, 6) is 0.797. The maximum atomic E-state index is 12.6. The van der Waals surface area contributed by atoms with E-state index in [2.05, 4.69) is 20.5 Å². The first-order chi connectivity index (χ1) is 27.2. The Bertz CT molecular complexity index is 1950. The molecular weight excluding hydrogens is 736 g/mol. The third-order valence-corrected chi connectivity index (χ3v) is 8.98. The van der Waals surface area contributed by atoms with E-state index in [4.69, 9.17) is 38.1 Å². The van der Waals surface area contributed by atoms with E-state index in [9.17, 15) is 19.5 Å². The summed E-state index contributed by atoms with van der Waals surface area (Å²) in [5, 5.41) is 16.1. The largest absolute Gasteiger partial charge is 0.460 e. The highest BCUT2D eigenvalue weighted by Gasteiger charge is 2.31. The van der Waals surface area contributed by atoms with Crippen LogP contribution < -0.4 is 20.3 Å². The van der Waals surface area contributed by atoms with Crippen LogP contribution in [0.15, 0.2) is 47.0 Å². The first-order valence-corrected chi connectivity index (χ1v) is 19.5. The van der Waals surface area contributed by atoms with Gasteiger partial charge in [0.05, 0.1) is 36.9 Å². The molecule has 3 N–H and O–H groups in total. The fourth-order valence-corrected chi connectivity index (χ4v) is 6.01. The van der Waals surface area contributed by atoms with Gasteiger partial charge in [-0.25, -0.2) is 19.7 Å². The summed E-state index contributed by atoms with van der Waals surface area (Å²) < 4.78 is 34.5. The molecule has 0 saturated carbocycles. The van der Waals surface area contributed by atoms with Gasteiger partial charge in [0.2, 0.25) is 11.6 Å². The molecule has 1 aromatic carbocycles. The van der Waals surface area contributed by atoms with Gasteiger partial charge in [-0.05, 0) is 69.7 Å². The molecule has 3 aromatic heterocycles. The first kappa shape index (κ1) is 43.2. The minimum absolute atomic E-state index is 0.0598. The molecule has 1 fully saturated rings. The predicted molar refractivity (Wildman–Crippen MR) is 213 cm³/mol. The highest BCUT2D eigenvalue weighted by Crippen LogP contribution is 2.35. The molecular formula is C41H56N6O10. The van der Waals surface area contributed by atoms with Crippen molar-refractivity contribution >= 4 is 46.0 Å². The van der Waals surface area contributed by atoms with Gasteiger partial charge >= 0.3 is 12.1 Å². The smallest absolute Gasteiger partial charge is 0.412 e. The molecule has 1 aliphatic heterocycles. The number of aliphatic hydroxyl groups is 1. The summed E-state index contributed by atoms with van der Waals surface area (Å²) in [6, 6.07) is 10.8. The van der Waals surface area contributed by atoms with E-state index in [0.29, 0.717) is 98.4 Å². The lowest BCUT2D eigenvalue weighted by molar-refractivity contribution is -0.251. The number of ether oxygens (including phenoxy) is 5. The predicted octanol–water partition coefficient (Wildman–Crippen LogP) is 5.54. The number of rotatable bonds is 18. The van der Waals surface area contributed by atoms with Gasteiger partial charge in [0.15, 0.2) is 23.5 Å². The van der Waals surface area contributed by atoms with Crippen molar-refractivity contribution < 1.29 is 47.6 Å². The Morgan fingerprint density at radius 2 is 1.70 bits per heavy atom. The zero-order chi connectivity index (χ0) is 41.0. The summed E-state index contributed by atoms with van der Waals surface area (Å²) in [4.78, 5) is 53.6. The van der Waals surface area contributed by atoms with E-state index in [0.717, 1.165) is 5.39 Å². The lowest BCUT2D eigenvalue weighted by Gasteiger charge is -2.35. The van der Waals surface area contributed by atoms with Crippen LogP contribution in [0.4, 0.5) is 10.6 Å². The maximum Gasteiger partial charge on any atom is 0.412 e. The number of amides is 2. The number of esters is 1. The van der Waals surface area contributed by atoms with Crippen molar-refractivity contribution in [3.63, 3.8) is 0 Å². The van der Waals surface area contributed by atoms with Gasteiger partial charge < -0.3 is 48.7 Å². The van der Waals surface area contributed by atoms with E-state index >= 15 is 0 Å². The van der Waals surface area contributed by atoms with Crippen LogP contribution in [0.25, 0.3) is 33.6 Å². The molecule has 57 heavy (non-hydrogen) atoms. The van der Waals surface area contributed by atoms with E-state index in [1.54, 1.807) is 24.4 Å². The summed E-state index contributed by atoms with van der Waals surface area (Å²) in [7, 11) is 0. The summed E-state index contributed by atoms with van der Waals surface area (Å²) >= 11 is 0. The monoisotopic (exact) mass is 792 g/mol. The second-order valence-electron chi connectivity index (χ2n) is 15.9. The normalized spacial score (nSPS) is 14.7. The van der Waals surface area contributed by atoms with Crippen LogP contribution in [0.2, 0.25) is 0 Å². The van der Waals surface area contributed by atoms with Gasteiger partial charge in [-0.15, -0.1) is 0 Å². The number of fused-ring (bicyclic) bond motifs is 3. The number of hydrogen-bond donors (Lipinski definition) is 3. The molecule has 16 nitrogen and oxygen atoms in total. The Balaban J connectivity index is 1.01. The number of benzene rings is 1. The fraction of sp³-hybridized carbons (Fsp3) is 0.561. The van der Waals surface area contributed by atoms with Gasteiger partial charge in [-0.1, -0.05) is 32.9 Å². The number of hydrogen-bond acceptors (Lipinski definition) is 14. The molecule has 16 heteroatoms. The van der Waals surface area contributed by atoms with Gasteiger partial charge in [0, 0.05) is 50.8 Å². The molecule has 2 unspecified atom stereocenters. The van der Waals surface area contributed by atoms with Crippen molar-refractivity contribution in [2.45, 2.75) is 91.6 Å². The number of furan rings is 1. The average molecular weight is 793 g/mol. The van der Waals surface area contributed by atoms with Crippen LogP contribution in [0.1, 0.15) is 73.6 Å². The van der Waals surface area contributed by atoms with E-state index < -0.39 is 30.1 Å². The highest BCUT2D eigenvalue weighted by atomic mass is 16.7. The second kappa shape index (κ2) is 20.0. The molecule has 2 amide bonds. The Morgan fingerprint density at radius 3 is 2.42 bits per heavy atom. The van der Waals surface area contributed by atoms with Crippen molar-refractivity contribution in [3.05, 3.63) is 42.6 Å². The zero-order valence-corrected chi connectivity index (χ0v) is 33.8. The van der Waals surface area contributed by atoms with Crippen LogP contribution in [0.5, 0.6) is 5.75 Å². The van der Waals surface area contributed by atoms with Crippen LogP contribution >= 0.6 is 0 Å². The second-order valence-corrected chi connectivity index (χ2v) is 15.9. The molecule has 4 heterocycles. The number of carbonyl (C=O) groups is 3. The Labute approximate surface area is 332 Å². The van der Waals surface area contributed by atoms with Gasteiger partial charge in [-0.2, -0.15) is 0 Å². The number of nitrogens with one attached hydrogen (secondary N) is 2. The van der Waals surface area contributed by atoms with E-state index in [-0.39, 0.29) is 37.4 Å². The minimum atomic E-state index is -0.852. The highest BCUT2D eigenvalue weighted by molar-refractivity contribution is 6.05. The number of anilines is 1. The average Bonchev–Trinajstić information content (AvgIpc) is 3.55. The van der Waals surface area contributed by atoms with Crippen molar-refractivity contribution in [2.75, 3.05) is 57.5 Å². The molecule has 4 aromatic rings. The summed E-state index contributed by atoms with van der Waals surface area (Å²) in [6.45, 7) is 14.3. The molecule has 0 aliphatic carbocycles. The molecule has 0 radical (unpaired) electrons. The number of aromatic nitrogens is 3. The van der Waals surface area contributed by atoms with Crippen LogP contribution in [-0.2, 0) is 28.5 Å². The molecule has 2 atom stereocenters. The number of carbonyl (C=O) groups excluding carboxylic acids is 3. The molecule has 0 spiro atoms. The topological polar surface area (TPSA) is 197 Å². The Hall–Kier alpha value is -4.90. The quantitative estimate of drug-likeness (QED) is 0.0645. The van der Waals surface area contributed by atoms with Gasteiger partial charge in [0.1, 0.15) is 17.9 Å². The van der Waals surface area contributed by atoms with Crippen LogP contribution in [0.3, 0.4) is 0 Å². The molecule has 0 bridgehead atoms. The Morgan fingerprint density at radius 1 is 0.947 bits per heavy atom. The number of aliphatic hydroxyl groups excluding tert-OH is 1. The van der Waals surface area contributed by atoms with Crippen molar-refractivity contribution in [3.8, 4) is 17.1 Å². The van der Waals surface area contributed by atoms with Gasteiger partial charge in [-0.3, -0.25) is 9.59 Å². The third-order valence-electron chi connectivity index (χ3n) is 8.98. The molecule has 1 saturated heterocycles. The standard InChI is InChI=1S/C41H56N6O10/c1-40(2,3)30(25-48)55-33(57-41(4,5)6)26-53-32(50)16-10-15-31(49)42-17-7-8-18-44-39(51)54-28-13-9-12-27(24-28)36-45-34-29-14-11-19-43-38(29)56-35(34)37(46-36)47-20-22-52-23-21-47/h9,11-14,19,24,30,33,48H,7-8,10,15-18,20-23,25-26H2,1-6H3,(H,42,49)(H,44,51). The summed E-state index contributed by atoms with van der Waals surface area (Å²) in [6.07, 6.45) is 1.49. The lowest BCUT2D eigenvalue weighted by atomic mass is 9.89. The van der Waals surface area contributed by atoms with E-state index in [1.165, 1.54) is 0 Å². The van der Waals surface area contributed by atoms with Crippen molar-refractivity contribution in [1.82, 2.24) is 25.6 Å². The third kappa shape index (κ3) is 13.1. The number of nitrogens with zero attached hydrogens (tertiary/aromatic N) is 4. The zero-order valence-electron chi connectivity index (χ0n) is 33.8. The van der Waals surface area contributed by atoms with E-state index in [1.807, 2.05) is 59.7 Å². The lowest BCUT2D eigenvalue weighted by Crippen LogP contribution is -2.42. The van der Waals surface area contributed by atoms with Crippen LogP contribution in [0, 0.1) is 5.41 Å². The SMILES string of the molecule is CC(C)(C)OC(COC(=O)CCCC(=O)NCCCCNC(=O)Oc1cccc(-c2nc(N3CCOCC3)c3oc4ncccc4c3n2)c1)OC(CO)C(C)(C)C. The van der Waals surface area contributed by atoms with Crippen molar-refractivity contribution in [1.29, 1.82) is 0 Å². The van der Waals surface area contributed by atoms with Crippen LogP contribution in [-0.4, -0.2) is 109 Å². The maximum absolute atomic E-state index is 12.6. The van der Waals surface area contributed by atoms with Gasteiger partial charge in [0.25, 0.3) is 0 Å². The summed E-state index contributed by atoms with van der Waals surface area (Å²) in [5.41, 5.74) is 1.46. The first-order valence-electron chi connectivity index (χ1n) is 19.5. The minimum Gasteiger partial charge on any atom is -0.460 e. The Kier molecular flexibility index (Phi) is 15.2. The number of pyridine rings is 1.